The topological polar surface area (TPSA) is 66.4 Å². The van der Waals surface area contributed by atoms with Gasteiger partial charge in [0.05, 0.1) is 6.42 Å². The Kier molecular flexibility index (Phi) is 17.0. The van der Waals surface area contributed by atoms with Crippen LogP contribution in [0.3, 0.4) is 0 Å². The molecule has 0 rings (SSSR count). The van der Waals surface area contributed by atoms with Gasteiger partial charge in [-0.25, -0.2) is 0 Å². The molecule has 4 heteroatoms. The molecule has 0 aromatic carbocycles. The van der Waals surface area contributed by atoms with Gasteiger partial charge in [0.1, 0.15) is 0 Å². The van der Waals surface area contributed by atoms with Gasteiger partial charge in [0, 0.05) is 13.0 Å². The average Bonchev–Trinajstić information content (AvgIpc) is 2.56. The Bertz CT molecular complexity index is 340. The fourth-order valence-corrected chi connectivity index (χ4v) is 2.61. The van der Waals surface area contributed by atoms with E-state index >= 15 is 0 Å². The monoisotopic (exact) mass is 339 g/mol. The first kappa shape index (κ1) is 22.7. The van der Waals surface area contributed by atoms with E-state index in [9.17, 15) is 9.59 Å². The Hall–Kier alpha value is -1.32. The van der Waals surface area contributed by atoms with Crippen molar-refractivity contribution in [1.82, 2.24) is 5.32 Å². The Balaban J connectivity index is 3.21. The lowest BCUT2D eigenvalue weighted by Crippen LogP contribution is -2.23. The minimum Gasteiger partial charge on any atom is -0.481 e. The molecule has 0 bridgehead atoms. The van der Waals surface area contributed by atoms with E-state index < -0.39 is 5.97 Å². The number of rotatable bonds is 17. The Morgan fingerprint density at radius 1 is 0.792 bits per heavy atom. The van der Waals surface area contributed by atoms with E-state index in [0.717, 1.165) is 6.42 Å². The second-order valence-electron chi connectivity index (χ2n) is 6.49. The normalized spacial score (nSPS) is 11.0. The van der Waals surface area contributed by atoms with Gasteiger partial charge in [-0.3, -0.25) is 9.59 Å². The summed E-state index contributed by atoms with van der Waals surface area (Å²) in [6.45, 7) is 2.75. The largest absolute Gasteiger partial charge is 0.481 e. The number of carboxylic acid groups (broad SMARTS) is 1. The summed E-state index contributed by atoms with van der Waals surface area (Å²) in [5, 5.41) is 11.2. The maximum atomic E-state index is 11.3. The van der Waals surface area contributed by atoms with Crippen molar-refractivity contribution in [2.24, 2.45) is 0 Å². The number of allylic oxidation sites excluding steroid dienone is 1. The molecule has 0 aromatic heterocycles. The van der Waals surface area contributed by atoms with Crippen LogP contribution in [0.5, 0.6) is 0 Å². The number of carboxylic acids is 1. The summed E-state index contributed by atoms with van der Waals surface area (Å²) in [6, 6.07) is 0. The molecule has 2 N–H and O–H groups in total. The minimum absolute atomic E-state index is 0.0573. The van der Waals surface area contributed by atoms with Crippen molar-refractivity contribution < 1.29 is 14.7 Å². The predicted molar refractivity (Wildman–Crippen MR) is 100 cm³/mol. The summed E-state index contributed by atoms with van der Waals surface area (Å²) >= 11 is 0. The second kappa shape index (κ2) is 18.0. The maximum absolute atomic E-state index is 11.3. The van der Waals surface area contributed by atoms with Gasteiger partial charge >= 0.3 is 5.97 Å². The highest BCUT2D eigenvalue weighted by Crippen LogP contribution is 2.11. The van der Waals surface area contributed by atoms with E-state index in [1.165, 1.54) is 70.6 Å². The summed E-state index contributed by atoms with van der Waals surface area (Å²) in [7, 11) is 0. The molecule has 0 aliphatic rings. The standard InChI is InChI=1S/C20H37NO3/c1-2-3-4-5-6-7-8-9-10-11-12-13-14-15-18-21-19(22)16-17-20(23)24/h14-15H,2-13,16-18H2,1H3,(H,21,22)(H,23,24)/b15-14+. The van der Waals surface area contributed by atoms with Crippen molar-refractivity contribution in [2.75, 3.05) is 6.54 Å². The van der Waals surface area contributed by atoms with Gasteiger partial charge in [-0.15, -0.1) is 0 Å². The molecule has 0 spiro atoms. The van der Waals surface area contributed by atoms with Crippen LogP contribution in [-0.4, -0.2) is 23.5 Å². The van der Waals surface area contributed by atoms with Gasteiger partial charge in [-0.2, -0.15) is 0 Å². The van der Waals surface area contributed by atoms with Crippen LogP contribution >= 0.6 is 0 Å². The average molecular weight is 340 g/mol. The number of hydrogen-bond donors (Lipinski definition) is 2. The zero-order valence-corrected chi connectivity index (χ0v) is 15.5. The molecular weight excluding hydrogens is 302 g/mol. The highest BCUT2D eigenvalue weighted by molar-refractivity contribution is 5.80. The van der Waals surface area contributed by atoms with E-state index in [2.05, 4.69) is 18.3 Å². The van der Waals surface area contributed by atoms with Crippen LogP contribution in [0.15, 0.2) is 12.2 Å². The van der Waals surface area contributed by atoms with Gasteiger partial charge in [0.15, 0.2) is 0 Å². The molecule has 4 nitrogen and oxygen atoms in total. The number of carbonyl (C=O) groups is 2. The number of aliphatic carboxylic acids is 1. The number of unbranched alkanes of at least 4 members (excludes halogenated alkanes) is 11. The van der Waals surface area contributed by atoms with Crippen LogP contribution in [0.4, 0.5) is 0 Å². The highest BCUT2D eigenvalue weighted by Gasteiger charge is 2.02. The molecule has 0 fully saturated rings. The third-order valence-corrected chi connectivity index (χ3v) is 4.12. The number of nitrogens with one attached hydrogen (secondary N) is 1. The smallest absolute Gasteiger partial charge is 0.303 e. The fraction of sp³-hybridized carbons (Fsp3) is 0.800. The van der Waals surface area contributed by atoms with E-state index in [-0.39, 0.29) is 18.7 Å². The predicted octanol–water partition coefficient (Wildman–Crippen LogP) is 5.22. The molecular formula is C20H37NO3. The molecule has 0 saturated carbocycles. The molecule has 0 saturated heterocycles. The number of hydrogen-bond acceptors (Lipinski definition) is 2. The van der Waals surface area contributed by atoms with Crippen LogP contribution in [-0.2, 0) is 9.59 Å². The van der Waals surface area contributed by atoms with Crippen molar-refractivity contribution in [3.8, 4) is 0 Å². The maximum Gasteiger partial charge on any atom is 0.303 e. The van der Waals surface area contributed by atoms with E-state index in [4.69, 9.17) is 5.11 Å². The summed E-state index contributed by atoms with van der Waals surface area (Å²) in [5.74, 6) is -1.13. The molecule has 1 amide bonds. The van der Waals surface area contributed by atoms with Crippen molar-refractivity contribution in [3.63, 3.8) is 0 Å². The highest BCUT2D eigenvalue weighted by atomic mass is 16.4. The molecule has 0 atom stereocenters. The van der Waals surface area contributed by atoms with E-state index in [0.29, 0.717) is 6.54 Å². The zero-order chi connectivity index (χ0) is 17.9. The Morgan fingerprint density at radius 3 is 1.88 bits per heavy atom. The van der Waals surface area contributed by atoms with Gasteiger partial charge in [0.2, 0.25) is 5.91 Å². The van der Waals surface area contributed by atoms with Crippen molar-refractivity contribution in [3.05, 3.63) is 12.2 Å². The first-order chi connectivity index (χ1) is 11.7. The van der Waals surface area contributed by atoms with Gasteiger partial charge in [-0.1, -0.05) is 83.3 Å². The van der Waals surface area contributed by atoms with Crippen molar-refractivity contribution in [2.45, 2.75) is 96.8 Å². The first-order valence-corrected chi connectivity index (χ1v) is 9.80. The minimum atomic E-state index is -0.933. The number of carbonyl (C=O) groups excluding carboxylic acids is 1. The third-order valence-electron chi connectivity index (χ3n) is 4.12. The molecule has 0 aliphatic heterocycles. The Labute approximate surface area is 148 Å². The van der Waals surface area contributed by atoms with Gasteiger partial charge < -0.3 is 10.4 Å². The lowest BCUT2D eigenvalue weighted by atomic mass is 10.1. The SMILES string of the molecule is CCCCCCCCCCCCC/C=C/CNC(=O)CCC(=O)O. The van der Waals surface area contributed by atoms with Crippen LogP contribution in [0.2, 0.25) is 0 Å². The van der Waals surface area contributed by atoms with E-state index in [1.807, 2.05) is 6.08 Å². The molecule has 0 unspecified atom stereocenters. The molecule has 0 radical (unpaired) electrons. The van der Waals surface area contributed by atoms with Crippen molar-refractivity contribution in [1.29, 1.82) is 0 Å². The molecule has 0 heterocycles. The molecule has 140 valence electrons. The second-order valence-corrected chi connectivity index (χ2v) is 6.49. The number of amides is 1. The molecule has 0 aromatic rings. The summed E-state index contributed by atoms with van der Waals surface area (Å²) in [4.78, 5) is 21.6. The summed E-state index contributed by atoms with van der Waals surface area (Å²) in [6.07, 6.45) is 19.9. The van der Waals surface area contributed by atoms with Crippen molar-refractivity contribution >= 4 is 11.9 Å². The lowest BCUT2D eigenvalue weighted by Gasteiger charge is -2.02. The summed E-state index contributed by atoms with van der Waals surface area (Å²) < 4.78 is 0. The van der Waals surface area contributed by atoms with Crippen LogP contribution < -0.4 is 5.32 Å². The van der Waals surface area contributed by atoms with Gasteiger partial charge in [-0.05, 0) is 12.8 Å². The summed E-state index contributed by atoms with van der Waals surface area (Å²) in [5.41, 5.74) is 0. The lowest BCUT2D eigenvalue weighted by molar-refractivity contribution is -0.138. The van der Waals surface area contributed by atoms with Crippen LogP contribution in [0, 0.1) is 0 Å². The fourth-order valence-electron chi connectivity index (χ4n) is 2.61. The Morgan fingerprint density at radius 2 is 1.33 bits per heavy atom. The first-order valence-electron chi connectivity index (χ1n) is 9.80. The van der Waals surface area contributed by atoms with Crippen LogP contribution in [0.25, 0.3) is 0 Å². The zero-order valence-electron chi connectivity index (χ0n) is 15.5. The van der Waals surface area contributed by atoms with Crippen LogP contribution in [0.1, 0.15) is 96.8 Å². The molecule has 24 heavy (non-hydrogen) atoms. The third kappa shape index (κ3) is 18.7. The quantitative estimate of drug-likeness (QED) is 0.282. The molecule has 0 aliphatic carbocycles. The van der Waals surface area contributed by atoms with Gasteiger partial charge in [0.25, 0.3) is 0 Å². The van der Waals surface area contributed by atoms with E-state index in [1.54, 1.807) is 0 Å².